The molecule has 2 atom stereocenters. The summed E-state index contributed by atoms with van der Waals surface area (Å²) < 4.78 is 25.8. The molecule has 0 heterocycles. The van der Waals surface area contributed by atoms with Crippen molar-refractivity contribution in [2.24, 2.45) is 0 Å². The van der Waals surface area contributed by atoms with E-state index in [4.69, 9.17) is 5.11 Å². The van der Waals surface area contributed by atoms with Gasteiger partial charge in [0.2, 0.25) is 5.91 Å². The van der Waals surface area contributed by atoms with E-state index in [1.807, 2.05) is 13.2 Å². The predicted octanol–water partition coefficient (Wildman–Crippen LogP) is 2.52. The molecule has 0 fully saturated rings. The lowest BCUT2D eigenvalue weighted by molar-refractivity contribution is -0.121. The molecule has 0 saturated carbocycles. The van der Waals surface area contributed by atoms with Gasteiger partial charge in [0.1, 0.15) is 0 Å². The number of nitrogens with one attached hydrogen (secondary N) is 1. The van der Waals surface area contributed by atoms with Crippen LogP contribution in [0.25, 0.3) is 0 Å². The molecule has 2 unspecified atom stereocenters. The maximum atomic E-state index is 13.0. The maximum absolute atomic E-state index is 13.0. The van der Waals surface area contributed by atoms with E-state index in [0.29, 0.717) is 24.8 Å². The Kier molecular flexibility index (Phi) is 7.67. The van der Waals surface area contributed by atoms with Gasteiger partial charge in [0.25, 0.3) is 0 Å². The fraction of sp³-hybridized carbons (Fsp3) is 0.533. The van der Waals surface area contributed by atoms with Gasteiger partial charge in [0.05, 0.1) is 6.61 Å². The first kappa shape index (κ1) is 17.9. The molecule has 1 aromatic carbocycles. The number of hydrogen-bond donors (Lipinski definition) is 2. The molecule has 21 heavy (non-hydrogen) atoms. The predicted molar refractivity (Wildman–Crippen MR) is 81.3 cm³/mol. The topological polar surface area (TPSA) is 49.3 Å². The number of rotatable bonds is 8. The molecule has 118 valence electrons. The lowest BCUT2D eigenvalue weighted by Crippen LogP contribution is -2.41. The van der Waals surface area contributed by atoms with Gasteiger partial charge >= 0.3 is 0 Å². The fourth-order valence-corrected chi connectivity index (χ4v) is 2.63. The van der Waals surface area contributed by atoms with E-state index in [0.717, 1.165) is 12.1 Å². The zero-order chi connectivity index (χ0) is 15.8. The second-order valence-corrected chi connectivity index (χ2v) is 5.99. The van der Waals surface area contributed by atoms with Crippen molar-refractivity contribution in [2.75, 3.05) is 12.9 Å². The van der Waals surface area contributed by atoms with E-state index in [2.05, 4.69) is 5.32 Å². The summed E-state index contributed by atoms with van der Waals surface area (Å²) in [5, 5.41) is 12.0. The van der Waals surface area contributed by atoms with Crippen LogP contribution in [0.2, 0.25) is 0 Å². The molecular formula is C15H21F2NO2S. The Hall–Kier alpha value is -1.14. The number of aryl methyl sites for hydroxylation is 1. The number of halogens is 2. The molecule has 0 aromatic heterocycles. The third-order valence-corrected chi connectivity index (χ3v) is 4.45. The highest BCUT2D eigenvalue weighted by molar-refractivity contribution is 7.99. The quantitative estimate of drug-likeness (QED) is 0.774. The highest BCUT2D eigenvalue weighted by Gasteiger charge is 2.17. The van der Waals surface area contributed by atoms with Crippen LogP contribution in [0.1, 0.15) is 25.3 Å². The zero-order valence-corrected chi connectivity index (χ0v) is 13.1. The van der Waals surface area contributed by atoms with Crippen molar-refractivity contribution < 1.29 is 18.7 Å². The molecule has 1 amide bonds. The number of carbonyl (C=O) groups is 1. The number of hydrogen-bond acceptors (Lipinski definition) is 3. The normalized spacial score (nSPS) is 13.8. The number of carbonyl (C=O) groups excluding carboxylic acids is 1. The average molecular weight is 317 g/mol. The molecule has 6 heteroatoms. The minimum Gasteiger partial charge on any atom is -0.395 e. The molecule has 0 aliphatic rings. The van der Waals surface area contributed by atoms with E-state index in [9.17, 15) is 13.6 Å². The first-order chi connectivity index (χ1) is 9.97. The smallest absolute Gasteiger partial charge is 0.220 e. The summed E-state index contributed by atoms with van der Waals surface area (Å²) in [5.74, 6) is -1.83. The molecule has 1 aromatic rings. The third kappa shape index (κ3) is 6.01. The summed E-state index contributed by atoms with van der Waals surface area (Å²) in [6, 6.07) is 3.66. The Morgan fingerprint density at radius 2 is 2.10 bits per heavy atom. The number of benzene rings is 1. The molecule has 0 radical (unpaired) electrons. The molecule has 2 N–H and O–H groups in total. The van der Waals surface area contributed by atoms with E-state index in [1.54, 1.807) is 0 Å². The SMILES string of the molecule is CSC(CO)C(C)NC(=O)CCCc1ccc(F)c(F)c1. The monoisotopic (exact) mass is 317 g/mol. The molecular weight excluding hydrogens is 296 g/mol. The van der Waals surface area contributed by atoms with Gasteiger partial charge in [-0.15, -0.1) is 0 Å². The van der Waals surface area contributed by atoms with Gasteiger partial charge in [-0.1, -0.05) is 6.07 Å². The van der Waals surface area contributed by atoms with E-state index >= 15 is 0 Å². The largest absolute Gasteiger partial charge is 0.395 e. The first-order valence-electron chi connectivity index (χ1n) is 6.85. The van der Waals surface area contributed by atoms with Gasteiger partial charge in [-0.3, -0.25) is 4.79 Å². The lowest BCUT2D eigenvalue weighted by atomic mass is 10.1. The van der Waals surface area contributed by atoms with Crippen molar-refractivity contribution in [2.45, 2.75) is 37.5 Å². The van der Waals surface area contributed by atoms with E-state index < -0.39 is 11.6 Å². The van der Waals surface area contributed by atoms with Crippen molar-refractivity contribution >= 4 is 17.7 Å². The molecule has 1 rings (SSSR count). The number of thioether (sulfide) groups is 1. The third-order valence-electron chi connectivity index (χ3n) is 3.28. The second kappa shape index (κ2) is 9.00. The van der Waals surface area contributed by atoms with Gasteiger partial charge in [-0.05, 0) is 43.7 Å². The molecule has 0 aliphatic carbocycles. The van der Waals surface area contributed by atoms with Crippen LogP contribution in [0.15, 0.2) is 18.2 Å². The van der Waals surface area contributed by atoms with Crippen LogP contribution in [0.5, 0.6) is 0 Å². The lowest BCUT2D eigenvalue weighted by Gasteiger charge is -2.21. The summed E-state index contributed by atoms with van der Waals surface area (Å²) >= 11 is 1.50. The summed E-state index contributed by atoms with van der Waals surface area (Å²) in [6.07, 6.45) is 3.28. The Morgan fingerprint density at radius 1 is 1.38 bits per heavy atom. The molecule has 0 spiro atoms. The standard InChI is InChI=1S/C15H21F2NO2S/c1-10(14(9-19)21-2)18-15(20)5-3-4-11-6-7-12(16)13(17)8-11/h6-8,10,14,19H,3-5,9H2,1-2H3,(H,18,20). The van der Waals surface area contributed by atoms with Crippen LogP contribution < -0.4 is 5.32 Å². The zero-order valence-electron chi connectivity index (χ0n) is 12.2. The van der Waals surface area contributed by atoms with Crippen molar-refractivity contribution in [3.8, 4) is 0 Å². The van der Waals surface area contributed by atoms with Crippen molar-refractivity contribution in [3.05, 3.63) is 35.4 Å². The number of aliphatic hydroxyl groups is 1. The van der Waals surface area contributed by atoms with Crippen molar-refractivity contribution in [1.82, 2.24) is 5.32 Å². The van der Waals surface area contributed by atoms with Crippen LogP contribution in [-0.2, 0) is 11.2 Å². The summed E-state index contributed by atoms with van der Waals surface area (Å²) in [6.45, 7) is 1.86. The van der Waals surface area contributed by atoms with E-state index in [1.165, 1.54) is 17.8 Å². The van der Waals surface area contributed by atoms with E-state index in [-0.39, 0.29) is 23.8 Å². The minimum absolute atomic E-state index is 0.0114. The maximum Gasteiger partial charge on any atom is 0.220 e. The van der Waals surface area contributed by atoms with Crippen molar-refractivity contribution in [1.29, 1.82) is 0 Å². The van der Waals surface area contributed by atoms with Crippen LogP contribution in [0, 0.1) is 11.6 Å². The van der Waals surface area contributed by atoms with Gasteiger partial charge < -0.3 is 10.4 Å². The highest BCUT2D eigenvalue weighted by atomic mass is 32.2. The molecule has 3 nitrogen and oxygen atoms in total. The van der Waals surface area contributed by atoms with Gasteiger partial charge in [-0.2, -0.15) is 11.8 Å². The first-order valence-corrected chi connectivity index (χ1v) is 8.13. The van der Waals surface area contributed by atoms with Crippen molar-refractivity contribution in [3.63, 3.8) is 0 Å². The van der Waals surface area contributed by atoms with Gasteiger partial charge in [-0.25, -0.2) is 8.78 Å². The molecule has 0 aliphatic heterocycles. The van der Waals surface area contributed by atoms with Gasteiger partial charge in [0, 0.05) is 17.7 Å². The highest BCUT2D eigenvalue weighted by Crippen LogP contribution is 2.12. The van der Waals surface area contributed by atoms with Crippen LogP contribution in [0.3, 0.4) is 0 Å². The Morgan fingerprint density at radius 3 is 2.67 bits per heavy atom. The van der Waals surface area contributed by atoms with Crippen LogP contribution >= 0.6 is 11.8 Å². The molecule has 0 saturated heterocycles. The number of aliphatic hydroxyl groups excluding tert-OH is 1. The Labute approximate surface area is 128 Å². The minimum atomic E-state index is -0.865. The Balaban J connectivity index is 2.34. The second-order valence-electron chi connectivity index (χ2n) is 4.91. The number of amides is 1. The van der Waals surface area contributed by atoms with Crippen LogP contribution in [-0.4, -0.2) is 35.2 Å². The summed E-state index contributed by atoms with van der Waals surface area (Å²) in [4.78, 5) is 11.8. The summed E-state index contributed by atoms with van der Waals surface area (Å²) in [5.41, 5.74) is 0.673. The molecule has 0 bridgehead atoms. The van der Waals surface area contributed by atoms with Crippen LogP contribution in [0.4, 0.5) is 8.78 Å². The summed E-state index contributed by atoms with van der Waals surface area (Å²) in [7, 11) is 0. The van der Waals surface area contributed by atoms with Gasteiger partial charge in [0.15, 0.2) is 11.6 Å². The fourth-order valence-electron chi connectivity index (χ4n) is 2.00. The average Bonchev–Trinajstić information content (AvgIpc) is 2.44. The Bertz CT molecular complexity index is 467.